The number of amides is 3. The molecule has 1 saturated heterocycles. The van der Waals surface area contributed by atoms with Crippen LogP contribution in [0.25, 0.3) is 0 Å². The molecule has 3 rings (SSSR count). The molecule has 1 aliphatic heterocycles. The lowest BCUT2D eigenvalue weighted by Gasteiger charge is -2.26. The van der Waals surface area contributed by atoms with Crippen molar-refractivity contribution >= 4 is 17.7 Å². The molecule has 0 saturated carbocycles. The molecule has 0 aromatic heterocycles. The van der Waals surface area contributed by atoms with Crippen LogP contribution >= 0.6 is 0 Å². The van der Waals surface area contributed by atoms with Crippen molar-refractivity contribution in [2.45, 2.75) is 39.2 Å². The third-order valence-electron chi connectivity index (χ3n) is 5.25. The molecule has 0 unspecified atom stereocenters. The zero-order valence-corrected chi connectivity index (χ0v) is 17.4. The Kier molecular flexibility index (Phi) is 7.60. The predicted molar refractivity (Wildman–Crippen MR) is 116 cm³/mol. The minimum absolute atomic E-state index is 0.0784. The van der Waals surface area contributed by atoms with E-state index in [1.54, 1.807) is 6.07 Å². The molecule has 0 bridgehead atoms. The van der Waals surface area contributed by atoms with Gasteiger partial charge in [-0.25, -0.2) is 0 Å². The molecule has 1 heterocycles. The fourth-order valence-electron chi connectivity index (χ4n) is 3.51. The van der Waals surface area contributed by atoms with Gasteiger partial charge in [0, 0.05) is 43.7 Å². The first-order chi connectivity index (χ1) is 14.5. The maximum atomic E-state index is 12.5. The molecule has 2 aromatic carbocycles. The van der Waals surface area contributed by atoms with E-state index in [9.17, 15) is 14.4 Å². The highest BCUT2D eigenvalue weighted by atomic mass is 16.2. The normalized spacial score (nSPS) is 13.6. The minimum Gasteiger partial charge on any atom is -0.352 e. The van der Waals surface area contributed by atoms with Crippen molar-refractivity contribution < 1.29 is 14.4 Å². The van der Waals surface area contributed by atoms with Gasteiger partial charge in [-0.05, 0) is 56.0 Å². The Balaban J connectivity index is 1.39. The molecule has 30 heavy (non-hydrogen) atoms. The number of rotatable bonds is 7. The van der Waals surface area contributed by atoms with Crippen LogP contribution < -0.4 is 10.6 Å². The largest absolute Gasteiger partial charge is 0.352 e. The van der Waals surface area contributed by atoms with Crippen LogP contribution in [-0.2, 0) is 11.3 Å². The lowest BCUT2D eigenvalue weighted by molar-refractivity contribution is -0.121. The van der Waals surface area contributed by atoms with E-state index in [0.29, 0.717) is 17.7 Å². The zero-order valence-electron chi connectivity index (χ0n) is 17.4. The number of piperidine rings is 1. The molecule has 6 nitrogen and oxygen atoms in total. The summed E-state index contributed by atoms with van der Waals surface area (Å²) in [6.45, 7) is 4.26. The predicted octanol–water partition coefficient (Wildman–Crippen LogP) is 3.06. The number of hydrogen-bond donors (Lipinski definition) is 2. The summed E-state index contributed by atoms with van der Waals surface area (Å²) in [6.07, 6.45) is 3.55. The summed E-state index contributed by atoms with van der Waals surface area (Å²) >= 11 is 0. The highest BCUT2D eigenvalue weighted by molar-refractivity contribution is 5.95. The smallest absolute Gasteiger partial charge is 0.253 e. The molecule has 0 spiro atoms. The van der Waals surface area contributed by atoms with Crippen molar-refractivity contribution in [3.63, 3.8) is 0 Å². The molecular formula is C24H29N3O3. The highest BCUT2D eigenvalue weighted by Gasteiger charge is 2.17. The first-order valence-corrected chi connectivity index (χ1v) is 10.5. The van der Waals surface area contributed by atoms with Gasteiger partial charge in [-0.2, -0.15) is 0 Å². The fraction of sp³-hybridized carbons (Fsp3) is 0.375. The number of hydrogen-bond acceptors (Lipinski definition) is 3. The van der Waals surface area contributed by atoms with Crippen LogP contribution in [0.1, 0.15) is 57.5 Å². The Morgan fingerprint density at radius 1 is 0.900 bits per heavy atom. The van der Waals surface area contributed by atoms with Crippen LogP contribution in [0.5, 0.6) is 0 Å². The second kappa shape index (κ2) is 10.6. The standard InChI is InChI=1S/C24H29N3O3/c1-18-6-5-7-21(16-18)23(29)25-13-12-22(28)26-17-19-8-10-20(11-9-19)24(30)27-14-3-2-4-15-27/h5-11,16H,2-4,12-15,17H2,1H3,(H,25,29)(H,26,28). The van der Waals surface area contributed by atoms with Crippen molar-refractivity contribution in [2.75, 3.05) is 19.6 Å². The number of likely N-dealkylation sites (tertiary alicyclic amines) is 1. The molecule has 1 fully saturated rings. The highest BCUT2D eigenvalue weighted by Crippen LogP contribution is 2.14. The van der Waals surface area contributed by atoms with Gasteiger partial charge < -0.3 is 15.5 Å². The summed E-state index contributed by atoms with van der Waals surface area (Å²) in [6, 6.07) is 14.7. The Hall–Kier alpha value is -3.15. The first kappa shape index (κ1) is 21.6. The molecule has 6 heteroatoms. The summed E-state index contributed by atoms with van der Waals surface area (Å²) in [5.74, 6) is -0.233. The third-order valence-corrected chi connectivity index (χ3v) is 5.25. The van der Waals surface area contributed by atoms with Crippen LogP contribution in [-0.4, -0.2) is 42.3 Å². The van der Waals surface area contributed by atoms with Crippen LogP contribution in [0.4, 0.5) is 0 Å². The molecule has 2 N–H and O–H groups in total. The van der Waals surface area contributed by atoms with Crippen molar-refractivity contribution in [1.82, 2.24) is 15.5 Å². The maximum absolute atomic E-state index is 12.5. The first-order valence-electron chi connectivity index (χ1n) is 10.5. The van der Waals surface area contributed by atoms with Gasteiger partial charge in [0.25, 0.3) is 11.8 Å². The van der Waals surface area contributed by atoms with Gasteiger partial charge in [-0.1, -0.05) is 29.8 Å². The fourth-order valence-corrected chi connectivity index (χ4v) is 3.51. The molecule has 158 valence electrons. The third kappa shape index (κ3) is 6.17. The van der Waals surface area contributed by atoms with Crippen molar-refractivity contribution in [3.05, 3.63) is 70.8 Å². The second-order valence-corrected chi connectivity index (χ2v) is 7.70. The summed E-state index contributed by atoms with van der Waals surface area (Å²) in [7, 11) is 0. The maximum Gasteiger partial charge on any atom is 0.253 e. The lowest BCUT2D eigenvalue weighted by Crippen LogP contribution is -2.35. The van der Waals surface area contributed by atoms with E-state index in [0.717, 1.165) is 37.1 Å². The molecule has 2 aromatic rings. The van der Waals surface area contributed by atoms with Crippen molar-refractivity contribution in [1.29, 1.82) is 0 Å². The monoisotopic (exact) mass is 407 g/mol. The van der Waals surface area contributed by atoms with Crippen LogP contribution in [0.3, 0.4) is 0 Å². The van der Waals surface area contributed by atoms with Gasteiger partial charge in [0.05, 0.1) is 0 Å². The number of nitrogens with one attached hydrogen (secondary N) is 2. The number of aryl methyl sites for hydroxylation is 1. The molecule has 1 aliphatic rings. The van der Waals surface area contributed by atoms with Crippen molar-refractivity contribution in [2.24, 2.45) is 0 Å². The van der Waals surface area contributed by atoms with Gasteiger partial charge in [0.15, 0.2) is 0 Å². The van der Waals surface area contributed by atoms with E-state index in [2.05, 4.69) is 10.6 Å². The van der Waals surface area contributed by atoms with Crippen LogP contribution in [0.2, 0.25) is 0 Å². The second-order valence-electron chi connectivity index (χ2n) is 7.70. The minimum atomic E-state index is -0.180. The van der Waals surface area contributed by atoms with Gasteiger partial charge >= 0.3 is 0 Å². The molecule has 0 radical (unpaired) electrons. The van der Waals surface area contributed by atoms with E-state index in [1.807, 2.05) is 54.3 Å². The van der Waals surface area contributed by atoms with Gasteiger partial charge in [0.1, 0.15) is 0 Å². The molecule has 0 atom stereocenters. The molecule has 3 amide bonds. The average molecular weight is 408 g/mol. The van der Waals surface area contributed by atoms with E-state index in [-0.39, 0.29) is 30.7 Å². The summed E-state index contributed by atoms with van der Waals surface area (Å²) < 4.78 is 0. The van der Waals surface area contributed by atoms with Gasteiger partial charge in [-0.3, -0.25) is 14.4 Å². The Bertz CT molecular complexity index is 887. The van der Waals surface area contributed by atoms with E-state index >= 15 is 0 Å². The van der Waals surface area contributed by atoms with Gasteiger partial charge in [0.2, 0.25) is 5.91 Å². The topological polar surface area (TPSA) is 78.5 Å². The van der Waals surface area contributed by atoms with Crippen molar-refractivity contribution in [3.8, 4) is 0 Å². The number of benzene rings is 2. The Labute approximate surface area is 177 Å². The molecule has 0 aliphatic carbocycles. The lowest BCUT2D eigenvalue weighted by atomic mass is 10.1. The van der Waals surface area contributed by atoms with E-state index < -0.39 is 0 Å². The van der Waals surface area contributed by atoms with Gasteiger partial charge in [-0.15, -0.1) is 0 Å². The quantitative estimate of drug-likeness (QED) is 0.740. The van der Waals surface area contributed by atoms with Crippen LogP contribution in [0.15, 0.2) is 48.5 Å². The zero-order chi connectivity index (χ0) is 21.3. The summed E-state index contributed by atoms with van der Waals surface area (Å²) in [4.78, 5) is 38.5. The van der Waals surface area contributed by atoms with E-state index in [1.165, 1.54) is 6.42 Å². The Morgan fingerprint density at radius 3 is 2.33 bits per heavy atom. The van der Waals surface area contributed by atoms with E-state index in [4.69, 9.17) is 0 Å². The molecular weight excluding hydrogens is 378 g/mol. The summed E-state index contributed by atoms with van der Waals surface area (Å²) in [5.41, 5.74) is 3.23. The number of nitrogens with zero attached hydrogens (tertiary/aromatic N) is 1. The number of carbonyl (C=O) groups is 3. The van der Waals surface area contributed by atoms with Crippen LogP contribution in [0, 0.1) is 6.92 Å². The Morgan fingerprint density at radius 2 is 1.63 bits per heavy atom. The SMILES string of the molecule is Cc1cccc(C(=O)NCCC(=O)NCc2ccc(C(=O)N3CCCCC3)cc2)c1. The average Bonchev–Trinajstić information content (AvgIpc) is 2.78. The number of carbonyl (C=O) groups excluding carboxylic acids is 3. The summed E-state index contributed by atoms with van der Waals surface area (Å²) in [5, 5.41) is 5.61.